The lowest BCUT2D eigenvalue weighted by molar-refractivity contribution is -0.119. The van der Waals surface area contributed by atoms with Crippen LogP contribution >= 0.6 is 27.7 Å². The van der Waals surface area contributed by atoms with E-state index in [4.69, 9.17) is 0 Å². The van der Waals surface area contributed by atoms with Crippen LogP contribution in [0.4, 0.5) is 4.39 Å². The van der Waals surface area contributed by atoms with Crippen LogP contribution in [0.2, 0.25) is 0 Å². The number of halogens is 2. The number of nitrogens with one attached hydrogen (secondary N) is 1. The summed E-state index contributed by atoms with van der Waals surface area (Å²) in [5, 5.41) is 3.07. The molecule has 1 aromatic carbocycles. The average molecular weight is 360 g/mol. The molecule has 1 saturated carbocycles. The van der Waals surface area contributed by atoms with Gasteiger partial charge in [-0.15, -0.1) is 11.8 Å². The van der Waals surface area contributed by atoms with Gasteiger partial charge < -0.3 is 5.32 Å². The molecule has 1 aliphatic rings. The van der Waals surface area contributed by atoms with E-state index in [0.717, 1.165) is 17.3 Å². The van der Waals surface area contributed by atoms with E-state index in [0.29, 0.717) is 23.1 Å². The van der Waals surface area contributed by atoms with Crippen molar-refractivity contribution in [3.8, 4) is 0 Å². The van der Waals surface area contributed by atoms with Gasteiger partial charge in [0.2, 0.25) is 5.91 Å². The number of amides is 1. The highest BCUT2D eigenvalue weighted by Gasteiger charge is 2.15. The van der Waals surface area contributed by atoms with Crippen LogP contribution in [0.15, 0.2) is 22.7 Å². The number of rotatable bonds is 5. The topological polar surface area (TPSA) is 29.1 Å². The quantitative estimate of drug-likeness (QED) is 0.850. The summed E-state index contributed by atoms with van der Waals surface area (Å²) in [6, 6.07) is 5.38. The van der Waals surface area contributed by atoms with Crippen molar-refractivity contribution in [3.05, 3.63) is 34.1 Å². The van der Waals surface area contributed by atoms with Crippen LogP contribution in [0.25, 0.3) is 0 Å². The van der Waals surface area contributed by atoms with E-state index in [-0.39, 0.29) is 11.7 Å². The predicted molar refractivity (Wildman–Crippen MR) is 85.3 cm³/mol. The molecule has 0 aromatic heterocycles. The molecule has 0 heterocycles. The monoisotopic (exact) mass is 359 g/mol. The lowest BCUT2D eigenvalue weighted by Crippen LogP contribution is -2.37. The number of carbonyl (C=O) groups is 1. The summed E-state index contributed by atoms with van der Waals surface area (Å²) in [7, 11) is 0. The first kappa shape index (κ1) is 15.8. The van der Waals surface area contributed by atoms with Crippen molar-refractivity contribution >= 4 is 33.6 Å². The Balaban J connectivity index is 1.70. The van der Waals surface area contributed by atoms with E-state index in [9.17, 15) is 9.18 Å². The molecule has 2 nitrogen and oxygen atoms in total. The Labute approximate surface area is 132 Å². The Morgan fingerprint density at radius 1 is 1.35 bits per heavy atom. The van der Waals surface area contributed by atoms with Gasteiger partial charge in [0, 0.05) is 16.3 Å². The molecule has 1 fully saturated rings. The van der Waals surface area contributed by atoms with Gasteiger partial charge in [0.25, 0.3) is 0 Å². The maximum absolute atomic E-state index is 13.6. The summed E-state index contributed by atoms with van der Waals surface area (Å²) >= 11 is 4.69. The standard InChI is InChI=1S/C15H19BrFNOS/c16-12-7-6-11(14(17)8-12)9-20-10-15(19)18-13-4-2-1-3-5-13/h6-8,13H,1-5,9-10H2,(H,18,19). The zero-order valence-corrected chi connectivity index (χ0v) is 13.7. The van der Waals surface area contributed by atoms with Crippen LogP contribution in [-0.4, -0.2) is 17.7 Å². The van der Waals surface area contributed by atoms with E-state index in [1.165, 1.54) is 37.1 Å². The molecule has 1 amide bonds. The van der Waals surface area contributed by atoms with E-state index in [1.54, 1.807) is 6.07 Å². The molecule has 1 N–H and O–H groups in total. The minimum atomic E-state index is -0.223. The third-order valence-electron chi connectivity index (χ3n) is 3.48. The molecular weight excluding hydrogens is 341 g/mol. The molecule has 0 saturated heterocycles. The molecule has 0 spiro atoms. The SMILES string of the molecule is O=C(CSCc1ccc(Br)cc1F)NC1CCCCC1. The highest BCUT2D eigenvalue weighted by atomic mass is 79.9. The summed E-state index contributed by atoms with van der Waals surface area (Å²) in [6.45, 7) is 0. The maximum Gasteiger partial charge on any atom is 0.230 e. The largest absolute Gasteiger partial charge is 0.353 e. The fourth-order valence-corrected chi connectivity index (χ4v) is 3.57. The molecule has 0 radical (unpaired) electrons. The molecule has 0 bridgehead atoms. The molecule has 5 heteroatoms. The molecule has 20 heavy (non-hydrogen) atoms. The van der Waals surface area contributed by atoms with Crippen molar-refractivity contribution in [2.45, 2.75) is 43.9 Å². The molecule has 1 aromatic rings. The lowest BCUT2D eigenvalue weighted by atomic mass is 9.95. The smallest absolute Gasteiger partial charge is 0.230 e. The molecule has 110 valence electrons. The van der Waals surface area contributed by atoms with Crippen LogP contribution in [0.5, 0.6) is 0 Å². The first-order chi connectivity index (χ1) is 9.65. The van der Waals surface area contributed by atoms with Crippen LogP contribution in [-0.2, 0) is 10.5 Å². The third-order valence-corrected chi connectivity index (χ3v) is 4.95. The lowest BCUT2D eigenvalue weighted by Gasteiger charge is -2.22. The van der Waals surface area contributed by atoms with Crippen molar-refractivity contribution in [1.82, 2.24) is 5.32 Å². The maximum atomic E-state index is 13.6. The van der Waals surface area contributed by atoms with Gasteiger partial charge in [-0.25, -0.2) is 4.39 Å². The summed E-state index contributed by atoms with van der Waals surface area (Å²) in [6.07, 6.45) is 5.89. The minimum absolute atomic E-state index is 0.0689. The third kappa shape index (κ3) is 5.09. The molecule has 0 atom stereocenters. The number of hydrogen-bond donors (Lipinski definition) is 1. The van der Waals surface area contributed by atoms with E-state index in [1.807, 2.05) is 6.07 Å². The van der Waals surface area contributed by atoms with Crippen molar-refractivity contribution < 1.29 is 9.18 Å². The van der Waals surface area contributed by atoms with Gasteiger partial charge in [-0.05, 0) is 30.5 Å². The second-order valence-electron chi connectivity index (χ2n) is 5.13. The van der Waals surface area contributed by atoms with Crippen molar-refractivity contribution in [2.24, 2.45) is 0 Å². The molecule has 0 unspecified atom stereocenters. The zero-order valence-electron chi connectivity index (χ0n) is 11.3. The molecule has 0 aliphatic heterocycles. The van der Waals surface area contributed by atoms with Crippen LogP contribution < -0.4 is 5.32 Å². The Bertz CT molecular complexity index is 463. The van der Waals surface area contributed by atoms with Gasteiger partial charge in [-0.2, -0.15) is 0 Å². The predicted octanol–water partition coefficient (Wildman–Crippen LogP) is 4.27. The summed E-state index contributed by atoms with van der Waals surface area (Å²) in [5.74, 6) is 0.766. The number of benzene rings is 1. The first-order valence-corrected chi connectivity index (χ1v) is 8.91. The molecule has 1 aliphatic carbocycles. The average Bonchev–Trinajstić information content (AvgIpc) is 2.42. The van der Waals surface area contributed by atoms with Crippen molar-refractivity contribution in [2.75, 3.05) is 5.75 Å². The Kier molecular flexibility index (Phi) is 6.36. The summed E-state index contributed by atoms with van der Waals surface area (Å²) < 4.78 is 14.3. The van der Waals surface area contributed by atoms with Crippen molar-refractivity contribution in [3.63, 3.8) is 0 Å². The van der Waals surface area contributed by atoms with E-state index < -0.39 is 0 Å². The second-order valence-corrected chi connectivity index (χ2v) is 7.03. The zero-order chi connectivity index (χ0) is 14.4. The van der Waals surface area contributed by atoms with Gasteiger partial charge in [0.05, 0.1) is 5.75 Å². The number of hydrogen-bond acceptors (Lipinski definition) is 2. The highest BCUT2D eigenvalue weighted by molar-refractivity contribution is 9.10. The summed E-state index contributed by atoms with van der Waals surface area (Å²) in [5.41, 5.74) is 0.642. The van der Waals surface area contributed by atoms with Crippen LogP contribution in [0, 0.1) is 5.82 Å². The van der Waals surface area contributed by atoms with Crippen molar-refractivity contribution in [1.29, 1.82) is 0 Å². The molecule has 2 rings (SSSR count). The Hall–Kier alpha value is -0.550. The second kappa shape index (κ2) is 8.03. The number of carbonyl (C=O) groups excluding carboxylic acids is 1. The normalized spacial score (nSPS) is 16.1. The highest BCUT2D eigenvalue weighted by Crippen LogP contribution is 2.20. The first-order valence-electron chi connectivity index (χ1n) is 6.96. The van der Waals surface area contributed by atoms with E-state index >= 15 is 0 Å². The minimum Gasteiger partial charge on any atom is -0.353 e. The van der Waals surface area contributed by atoms with Gasteiger partial charge in [0.1, 0.15) is 5.82 Å². The van der Waals surface area contributed by atoms with Gasteiger partial charge in [-0.3, -0.25) is 4.79 Å². The molecular formula is C15H19BrFNOS. The number of thioether (sulfide) groups is 1. The van der Waals surface area contributed by atoms with E-state index in [2.05, 4.69) is 21.2 Å². The summed E-state index contributed by atoms with van der Waals surface area (Å²) in [4.78, 5) is 11.8. The van der Waals surface area contributed by atoms with Gasteiger partial charge in [-0.1, -0.05) is 41.3 Å². The Morgan fingerprint density at radius 3 is 2.80 bits per heavy atom. The van der Waals surface area contributed by atoms with Crippen LogP contribution in [0.1, 0.15) is 37.7 Å². The fourth-order valence-electron chi connectivity index (χ4n) is 2.41. The van der Waals surface area contributed by atoms with Gasteiger partial charge in [0.15, 0.2) is 0 Å². The van der Waals surface area contributed by atoms with Gasteiger partial charge >= 0.3 is 0 Å². The Morgan fingerprint density at radius 2 is 2.10 bits per heavy atom. The van der Waals surface area contributed by atoms with Crippen LogP contribution in [0.3, 0.4) is 0 Å². The fraction of sp³-hybridized carbons (Fsp3) is 0.533.